The summed E-state index contributed by atoms with van der Waals surface area (Å²) in [6, 6.07) is 9.47. The number of fused-ring (bicyclic) bond motifs is 6. The zero-order valence-corrected chi connectivity index (χ0v) is 20.4. The van der Waals surface area contributed by atoms with Gasteiger partial charge in [-0.15, -0.1) is 0 Å². The number of urea groups is 1. The minimum atomic E-state index is -0.616. The highest BCUT2D eigenvalue weighted by Gasteiger charge is 2.47. The monoisotopic (exact) mass is 476 g/mol. The molecule has 7 nitrogen and oxygen atoms in total. The van der Waals surface area contributed by atoms with Crippen molar-refractivity contribution in [1.29, 1.82) is 0 Å². The van der Waals surface area contributed by atoms with E-state index in [1.165, 1.54) is 42.7 Å². The summed E-state index contributed by atoms with van der Waals surface area (Å²) in [5, 5.41) is 2.80. The number of benzene rings is 1. The van der Waals surface area contributed by atoms with Crippen molar-refractivity contribution in [2.24, 2.45) is 11.8 Å². The van der Waals surface area contributed by atoms with Crippen LogP contribution in [0.1, 0.15) is 56.9 Å². The molecule has 1 aromatic carbocycles. The molecule has 7 heteroatoms. The van der Waals surface area contributed by atoms with Gasteiger partial charge in [0.25, 0.3) is 5.91 Å². The van der Waals surface area contributed by atoms with Gasteiger partial charge in [-0.1, -0.05) is 48.4 Å². The van der Waals surface area contributed by atoms with Crippen LogP contribution in [0, 0.1) is 11.8 Å². The van der Waals surface area contributed by atoms with Crippen LogP contribution >= 0.6 is 0 Å². The molecule has 6 rings (SSSR count). The first-order chi connectivity index (χ1) is 17.1. The van der Waals surface area contributed by atoms with Crippen molar-refractivity contribution in [3.05, 3.63) is 47.5 Å². The Morgan fingerprint density at radius 3 is 2.77 bits per heavy atom. The number of carbonyl (C=O) groups is 3. The number of nitrogens with one attached hydrogen (secondary N) is 1. The highest BCUT2D eigenvalue weighted by molar-refractivity contribution is 6.04. The average Bonchev–Trinajstić information content (AvgIpc) is 3.15. The minimum Gasteiger partial charge on any atom is -0.336 e. The molecule has 4 fully saturated rings. The van der Waals surface area contributed by atoms with Gasteiger partial charge in [0.2, 0.25) is 5.91 Å². The van der Waals surface area contributed by atoms with E-state index >= 15 is 0 Å². The maximum atomic E-state index is 13.5. The molecule has 1 aliphatic carbocycles. The molecule has 1 N–H and O–H groups in total. The van der Waals surface area contributed by atoms with Crippen LogP contribution in [0.3, 0.4) is 0 Å². The number of hydrogen-bond donors (Lipinski definition) is 1. The molecule has 186 valence electrons. The Kier molecular flexibility index (Phi) is 6.13. The molecule has 0 spiro atoms. The Labute approximate surface area is 207 Å². The molecule has 5 aliphatic rings. The zero-order chi connectivity index (χ0) is 23.9. The standard InChI is InChI=1S/C28H36N4O3/c33-25(12-11-23-27(34)32(28(35)29-23)17-19-7-2-1-3-8-19)31-14-6-9-20-15-21-16-22(26(20)31)18-30-13-5-4-10-24(21)30/h1-3,7-8,15,21-24,26H,4-6,9-14,16-18H2,(H,29,35)/t21-,22-,23-,24-,26+/m0/s1. The number of amides is 4. The van der Waals surface area contributed by atoms with Crippen LogP contribution < -0.4 is 5.32 Å². The smallest absolute Gasteiger partial charge is 0.325 e. The number of rotatable bonds is 5. The summed E-state index contributed by atoms with van der Waals surface area (Å²) < 4.78 is 0. The lowest BCUT2D eigenvalue weighted by Crippen LogP contribution is -2.60. The topological polar surface area (TPSA) is 73.0 Å². The highest BCUT2D eigenvalue weighted by atomic mass is 16.2. The highest BCUT2D eigenvalue weighted by Crippen LogP contribution is 2.45. The fraction of sp³-hybridized carbons (Fsp3) is 0.607. The molecule has 4 aliphatic heterocycles. The number of likely N-dealkylation sites (tertiary alicyclic amines) is 1. The maximum absolute atomic E-state index is 13.5. The summed E-state index contributed by atoms with van der Waals surface area (Å²) >= 11 is 0. The van der Waals surface area contributed by atoms with E-state index in [1.807, 2.05) is 30.3 Å². The second-order valence-electron chi connectivity index (χ2n) is 11.0. The van der Waals surface area contributed by atoms with Gasteiger partial charge in [-0.3, -0.25) is 19.4 Å². The largest absolute Gasteiger partial charge is 0.336 e. The fourth-order valence-corrected chi connectivity index (χ4v) is 7.35. The Morgan fingerprint density at radius 2 is 1.91 bits per heavy atom. The van der Waals surface area contributed by atoms with Gasteiger partial charge in [0.15, 0.2) is 0 Å². The van der Waals surface area contributed by atoms with Crippen LogP contribution in [0.2, 0.25) is 0 Å². The van der Waals surface area contributed by atoms with Crippen molar-refractivity contribution in [1.82, 2.24) is 20.0 Å². The van der Waals surface area contributed by atoms with Gasteiger partial charge in [-0.05, 0) is 62.5 Å². The van der Waals surface area contributed by atoms with E-state index in [0.29, 0.717) is 30.7 Å². The fourth-order valence-electron chi connectivity index (χ4n) is 7.35. The Bertz CT molecular complexity index is 1020. The van der Waals surface area contributed by atoms with E-state index in [0.717, 1.165) is 31.5 Å². The molecule has 0 aromatic heterocycles. The molecular formula is C28H36N4O3. The van der Waals surface area contributed by atoms with E-state index in [2.05, 4.69) is 21.2 Å². The van der Waals surface area contributed by atoms with Crippen molar-refractivity contribution in [3.8, 4) is 0 Å². The van der Waals surface area contributed by atoms with Crippen molar-refractivity contribution in [3.63, 3.8) is 0 Å². The summed E-state index contributed by atoms with van der Waals surface area (Å²) in [6.45, 7) is 3.37. The quantitative estimate of drug-likeness (QED) is 0.523. The molecular weight excluding hydrogens is 440 g/mol. The van der Waals surface area contributed by atoms with E-state index in [1.54, 1.807) is 0 Å². The molecule has 35 heavy (non-hydrogen) atoms. The molecule has 0 unspecified atom stereocenters. The van der Waals surface area contributed by atoms with Gasteiger partial charge in [-0.25, -0.2) is 4.79 Å². The molecule has 2 bridgehead atoms. The van der Waals surface area contributed by atoms with Crippen LogP contribution in [0.25, 0.3) is 0 Å². The first-order valence-electron chi connectivity index (χ1n) is 13.5. The number of imide groups is 1. The third kappa shape index (κ3) is 4.28. The SMILES string of the molecule is O=C1N[C@@H](CCC(=O)N2CCCC3=C[C@H]4C[C@@H](CN5CCCC[C@@H]45)[C@@H]32)C(=O)N1Cc1ccccc1. The number of hydrogen-bond acceptors (Lipinski definition) is 4. The van der Waals surface area contributed by atoms with Gasteiger partial charge in [0, 0.05) is 25.6 Å². The van der Waals surface area contributed by atoms with E-state index in [9.17, 15) is 14.4 Å². The summed E-state index contributed by atoms with van der Waals surface area (Å²) in [5.74, 6) is 1.07. The van der Waals surface area contributed by atoms with E-state index in [-0.39, 0.29) is 30.4 Å². The first-order valence-corrected chi connectivity index (χ1v) is 13.5. The minimum absolute atomic E-state index is 0.128. The lowest BCUT2D eigenvalue weighted by Gasteiger charge is -2.54. The lowest BCUT2D eigenvalue weighted by molar-refractivity contribution is -0.136. The number of carbonyl (C=O) groups excluding carboxylic acids is 3. The summed E-state index contributed by atoms with van der Waals surface area (Å²) in [6.07, 6.45) is 10.5. The third-order valence-electron chi connectivity index (χ3n) is 8.91. The summed E-state index contributed by atoms with van der Waals surface area (Å²) in [4.78, 5) is 44.9. The Hall–Kier alpha value is -2.67. The van der Waals surface area contributed by atoms with Crippen LogP contribution in [0.5, 0.6) is 0 Å². The lowest BCUT2D eigenvalue weighted by atomic mass is 9.68. The maximum Gasteiger partial charge on any atom is 0.325 e. The van der Waals surface area contributed by atoms with Gasteiger partial charge in [-0.2, -0.15) is 0 Å². The van der Waals surface area contributed by atoms with Crippen molar-refractivity contribution >= 4 is 17.8 Å². The van der Waals surface area contributed by atoms with E-state index < -0.39 is 6.04 Å². The molecule has 0 radical (unpaired) electrons. The van der Waals surface area contributed by atoms with Gasteiger partial charge in [0.05, 0.1) is 12.6 Å². The summed E-state index contributed by atoms with van der Waals surface area (Å²) in [7, 11) is 0. The summed E-state index contributed by atoms with van der Waals surface area (Å²) in [5.41, 5.74) is 2.40. The van der Waals surface area contributed by atoms with Gasteiger partial charge < -0.3 is 10.2 Å². The van der Waals surface area contributed by atoms with Crippen molar-refractivity contribution in [2.75, 3.05) is 19.6 Å². The molecule has 1 aromatic rings. The Morgan fingerprint density at radius 1 is 1.06 bits per heavy atom. The normalized spacial score (nSPS) is 32.6. The van der Waals surface area contributed by atoms with Crippen LogP contribution in [-0.4, -0.2) is 70.3 Å². The van der Waals surface area contributed by atoms with Crippen LogP contribution in [-0.2, 0) is 16.1 Å². The molecule has 4 amide bonds. The van der Waals surface area contributed by atoms with Crippen molar-refractivity contribution < 1.29 is 14.4 Å². The predicted octanol–water partition coefficient (Wildman–Crippen LogP) is 3.31. The van der Waals surface area contributed by atoms with Crippen molar-refractivity contribution in [2.45, 2.75) is 76.0 Å². The van der Waals surface area contributed by atoms with E-state index in [4.69, 9.17) is 0 Å². The van der Waals surface area contributed by atoms with Crippen LogP contribution in [0.4, 0.5) is 4.79 Å². The van der Waals surface area contributed by atoms with Crippen LogP contribution in [0.15, 0.2) is 42.0 Å². The molecule has 4 saturated heterocycles. The van der Waals surface area contributed by atoms with Gasteiger partial charge in [0.1, 0.15) is 6.04 Å². The second-order valence-corrected chi connectivity index (χ2v) is 11.0. The average molecular weight is 477 g/mol. The molecule has 5 atom stereocenters. The Balaban J connectivity index is 1.10. The number of piperidine rings is 3. The third-order valence-corrected chi connectivity index (χ3v) is 8.91. The number of nitrogens with zero attached hydrogens (tertiary/aromatic N) is 3. The second kappa shape index (κ2) is 9.41. The zero-order valence-electron chi connectivity index (χ0n) is 20.4. The predicted molar refractivity (Wildman–Crippen MR) is 132 cm³/mol. The first kappa shape index (κ1) is 22.8. The van der Waals surface area contributed by atoms with Gasteiger partial charge >= 0.3 is 6.03 Å². The molecule has 4 heterocycles. The molecule has 0 saturated carbocycles.